The third-order valence-electron chi connectivity index (χ3n) is 4.91. The molecule has 0 bridgehead atoms. The van der Waals surface area contributed by atoms with E-state index in [1.165, 1.54) is 12.8 Å². The zero-order valence-electron chi connectivity index (χ0n) is 12.6. The smallest absolute Gasteiger partial charge is 0.280 e. The van der Waals surface area contributed by atoms with Crippen LogP contribution in [0.2, 0.25) is 0 Å². The van der Waals surface area contributed by atoms with Gasteiger partial charge in [-0.3, -0.25) is 0 Å². The molecule has 3 rings (SSSR count). The molecule has 1 heterocycles. The Bertz CT molecular complexity index is 459. The molecule has 0 aromatic rings. The molecule has 116 valence electrons. The molecule has 1 saturated heterocycles. The van der Waals surface area contributed by atoms with Gasteiger partial charge in [0.05, 0.1) is 0 Å². The van der Waals surface area contributed by atoms with Crippen LogP contribution in [0.3, 0.4) is 0 Å². The van der Waals surface area contributed by atoms with E-state index in [-0.39, 0.29) is 17.5 Å². The second-order valence-electron chi connectivity index (χ2n) is 7.31. The quantitative estimate of drug-likeness (QED) is 0.775. The molecule has 2 unspecified atom stereocenters. The first-order chi connectivity index (χ1) is 9.38. The van der Waals surface area contributed by atoms with Crippen molar-refractivity contribution in [3.8, 4) is 0 Å². The predicted molar refractivity (Wildman–Crippen MR) is 79.6 cm³/mol. The first-order valence-corrected chi connectivity index (χ1v) is 9.35. The highest BCUT2D eigenvalue weighted by atomic mass is 32.2. The van der Waals surface area contributed by atoms with E-state index >= 15 is 0 Å². The summed E-state index contributed by atoms with van der Waals surface area (Å²) in [5, 5.41) is 3.48. The van der Waals surface area contributed by atoms with Crippen LogP contribution in [0.1, 0.15) is 52.4 Å². The van der Waals surface area contributed by atoms with E-state index in [1.54, 1.807) is 4.31 Å². The molecule has 20 heavy (non-hydrogen) atoms. The zero-order chi connectivity index (χ0) is 14.4. The Morgan fingerprint density at radius 2 is 1.90 bits per heavy atom. The highest BCUT2D eigenvalue weighted by Gasteiger charge is 2.49. The van der Waals surface area contributed by atoms with Crippen LogP contribution in [-0.4, -0.2) is 43.9 Å². The van der Waals surface area contributed by atoms with Gasteiger partial charge in [-0.15, -0.1) is 0 Å². The molecule has 0 spiro atoms. The Morgan fingerprint density at radius 3 is 2.50 bits per heavy atom. The Labute approximate surface area is 122 Å². The van der Waals surface area contributed by atoms with Crippen LogP contribution in [0.25, 0.3) is 0 Å². The maximum Gasteiger partial charge on any atom is 0.280 e. The van der Waals surface area contributed by atoms with Crippen molar-refractivity contribution in [2.24, 2.45) is 5.41 Å². The summed E-state index contributed by atoms with van der Waals surface area (Å²) in [5.41, 5.74) is 0.130. The average molecular weight is 301 g/mol. The molecule has 3 fully saturated rings. The van der Waals surface area contributed by atoms with Crippen molar-refractivity contribution in [2.45, 2.75) is 70.5 Å². The minimum atomic E-state index is -3.32. The van der Waals surface area contributed by atoms with Gasteiger partial charge >= 0.3 is 0 Å². The van der Waals surface area contributed by atoms with E-state index in [1.807, 2.05) is 0 Å². The second kappa shape index (κ2) is 5.23. The normalized spacial score (nSPS) is 34.1. The lowest BCUT2D eigenvalue weighted by atomic mass is 10.1. The van der Waals surface area contributed by atoms with E-state index in [0.717, 1.165) is 32.2 Å². The van der Waals surface area contributed by atoms with E-state index in [2.05, 4.69) is 23.9 Å². The van der Waals surface area contributed by atoms with Crippen LogP contribution in [0.4, 0.5) is 0 Å². The maximum absolute atomic E-state index is 12.6. The van der Waals surface area contributed by atoms with Gasteiger partial charge in [0.15, 0.2) is 0 Å². The lowest BCUT2D eigenvalue weighted by Gasteiger charge is -2.35. The number of nitrogens with one attached hydrogen (secondary N) is 2. The summed E-state index contributed by atoms with van der Waals surface area (Å²) in [6, 6.07) is 0.881. The van der Waals surface area contributed by atoms with Crippen molar-refractivity contribution >= 4 is 10.2 Å². The number of hydrogen-bond acceptors (Lipinski definition) is 3. The van der Waals surface area contributed by atoms with Crippen molar-refractivity contribution in [3.05, 3.63) is 0 Å². The topological polar surface area (TPSA) is 61.4 Å². The summed E-state index contributed by atoms with van der Waals surface area (Å²) < 4.78 is 29.8. The van der Waals surface area contributed by atoms with Crippen LogP contribution in [0.15, 0.2) is 0 Å². The molecule has 2 aliphatic carbocycles. The molecule has 2 saturated carbocycles. The van der Waals surface area contributed by atoms with Crippen molar-refractivity contribution < 1.29 is 8.42 Å². The molecule has 0 aromatic heterocycles. The SMILES string of the molecule is CC1(C)CC1NS(=O)(=O)N1CCCCC1CNC1CC1. The molecule has 3 aliphatic rings. The fraction of sp³-hybridized carbons (Fsp3) is 1.00. The Kier molecular flexibility index (Phi) is 3.86. The third-order valence-corrected chi connectivity index (χ3v) is 6.59. The van der Waals surface area contributed by atoms with E-state index < -0.39 is 10.2 Å². The molecule has 0 radical (unpaired) electrons. The summed E-state index contributed by atoms with van der Waals surface area (Å²) >= 11 is 0. The second-order valence-corrected chi connectivity index (χ2v) is 8.97. The molecular formula is C14H27N3O2S. The number of rotatable bonds is 6. The van der Waals surface area contributed by atoms with E-state index in [9.17, 15) is 8.42 Å². The maximum atomic E-state index is 12.6. The van der Waals surface area contributed by atoms with Crippen molar-refractivity contribution in [1.82, 2.24) is 14.3 Å². The van der Waals surface area contributed by atoms with Crippen molar-refractivity contribution in [3.63, 3.8) is 0 Å². The minimum absolute atomic E-state index is 0.117. The van der Waals surface area contributed by atoms with Gasteiger partial charge < -0.3 is 5.32 Å². The van der Waals surface area contributed by atoms with E-state index in [4.69, 9.17) is 0 Å². The van der Waals surface area contributed by atoms with Gasteiger partial charge in [0.25, 0.3) is 10.2 Å². The zero-order valence-corrected chi connectivity index (χ0v) is 13.4. The lowest BCUT2D eigenvalue weighted by molar-refractivity contribution is 0.241. The van der Waals surface area contributed by atoms with Gasteiger partial charge in [0.2, 0.25) is 0 Å². The number of hydrogen-bond donors (Lipinski definition) is 2. The van der Waals surface area contributed by atoms with Crippen LogP contribution in [0, 0.1) is 5.41 Å². The van der Waals surface area contributed by atoms with Gasteiger partial charge in [-0.05, 0) is 37.5 Å². The van der Waals surface area contributed by atoms with Crippen molar-refractivity contribution in [2.75, 3.05) is 13.1 Å². The van der Waals surface area contributed by atoms with Gasteiger partial charge in [-0.1, -0.05) is 20.3 Å². The van der Waals surface area contributed by atoms with Crippen LogP contribution >= 0.6 is 0 Å². The van der Waals surface area contributed by atoms with Crippen LogP contribution in [0.5, 0.6) is 0 Å². The standard InChI is InChI=1S/C14H27N3O2S/c1-14(2)9-13(14)16-20(18,19)17-8-4-3-5-12(17)10-15-11-6-7-11/h11-13,15-16H,3-10H2,1-2H3. The fourth-order valence-electron chi connectivity index (χ4n) is 3.00. The molecule has 5 nitrogen and oxygen atoms in total. The van der Waals surface area contributed by atoms with E-state index in [0.29, 0.717) is 12.6 Å². The molecule has 1 aliphatic heterocycles. The number of piperidine rings is 1. The summed E-state index contributed by atoms with van der Waals surface area (Å²) in [4.78, 5) is 0. The average Bonchev–Trinajstić information content (AvgIpc) is 3.27. The number of nitrogens with zero attached hydrogens (tertiary/aromatic N) is 1. The Morgan fingerprint density at radius 1 is 1.20 bits per heavy atom. The summed E-state index contributed by atoms with van der Waals surface area (Å²) in [6.07, 6.45) is 6.54. The highest BCUT2D eigenvalue weighted by molar-refractivity contribution is 7.87. The Hall–Kier alpha value is -0.170. The lowest BCUT2D eigenvalue weighted by Crippen LogP contribution is -2.53. The van der Waals surface area contributed by atoms with Gasteiger partial charge in [0, 0.05) is 31.2 Å². The van der Waals surface area contributed by atoms with Gasteiger partial charge in [-0.25, -0.2) is 0 Å². The minimum Gasteiger partial charge on any atom is -0.312 e. The molecular weight excluding hydrogens is 274 g/mol. The van der Waals surface area contributed by atoms with Crippen LogP contribution in [-0.2, 0) is 10.2 Å². The molecule has 2 atom stereocenters. The molecule has 2 N–H and O–H groups in total. The largest absolute Gasteiger partial charge is 0.312 e. The van der Waals surface area contributed by atoms with Crippen LogP contribution < -0.4 is 10.0 Å². The summed E-state index contributed by atoms with van der Waals surface area (Å²) in [6.45, 7) is 5.70. The monoisotopic (exact) mass is 301 g/mol. The molecule has 0 amide bonds. The highest BCUT2D eigenvalue weighted by Crippen LogP contribution is 2.45. The third kappa shape index (κ3) is 3.35. The van der Waals surface area contributed by atoms with Crippen molar-refractivity contribution in [1.29, 1.82) is 0 Å². The first kappa shape index (κ1) is 14.8. The predicted octanol–water partition coefficient (Wildman–Crippen LogP) is 1.23. The fourth-order valence-corrected chi connectivity index (χ4v) is 4.84. The molecule has 0 aromatic carbocycles. The molecule has 6 heteroatoms. The van der Waals surface area contributed by atoms with Gasteiger partial charge in [-0.2, -0.15) is 17.4 Å². The summed E-state index contributed by atoms with van der Waals surface area (Å²) in [5.74, 6) is 0. The Balaban J connectivity index is 1.61. The first-order valence-electron chi connectivity index (χ1n) is 7.91. The summed E-state index contributed by atoms with van der Waals surface area (Å²) in [7, 11) is -3.32. The van der Waals surface area contributed by atoms with Gasteiger partial charge in [0.1, 0.15) is 0 Å².